The molecule has 0 bridgehead atoms. The van der Waals surface area contributed by atoms with Gasteiger partial charge in [-0.25, -0.2) is 23.5 Å². The lowest BCUT2D eigenvalue weighted by atomic mass is 10.0. The number of alkyl halides is 1. The molecule has 5 atom stereocenters. The molecule has 6 rings (SSSR count). The number of nitrogens with zero attached hydrogens (tertiary/aromatic N) is 3. The number of hydrogen-bond acceptors (Lipinski definition) is 8. The van der Waals surface area contributed by atoms with E-state index in [1.165, 1.54) is 42.2 Å². The average molecular weight is 612 g/mol. The minimum atomic E-state index is -1.84. The van der Waals surface area contributed by atoms with Gasteiger partial charge in [-0.3, -0.25) is 9.36 Å². The molecule has 2 aliphatic rings. The Morgan fingerprint density at radius 2 is 1.91 bits per heavy atom. The van der Waals surface area contributed by atoms with E-state index in [0.29, 0.717) is 45.3 Å². The van der Waals surface area contributed by atoms with Crippen LogP contribution in [-0.2, 0) is 21.6 Å². The van der Waals surface area contributed by atoms with Crippen molar-refractivity contribution in [1.29, 1.82) is 0 Å². The predicted molar refractivity (Wildman–Crippen MR) is 158 cm³/mol. The van der Waals surface area contributed by atoms with Crippen LogP contribution in [0.5, 0.6) is 5.75 Å². The molecule has 1 N–H and O–H groups in total. The van der Waals surface area contributed by atoms with Gasteiger partial charge in [0.05, 0.1) is 36.2 Å². The fraction of sp³-hybridized carbons (Fsp3) is 0.484. The summed E-state index contributed by atoms with van der Waals surface area (Å²) in [5.74, 6) is 0.0615. The van der Waals surface area contributed by atoms with Crippen molar-refractivity contribution in [3.8, 4) is 16.5 Å². The number of para-hydroxylation sites is 1. The molecular formula is C31H34FN3O7S. The van der Waals surface area contributed by atoms with Gasteiger partial charge < -0.3 is 19.0 Å². The SMILES string of the molecule is COc1ccccc1C(Cn1c(=O)n(C(C)(C)C(=O)O)c(=O)c2c(C)c(-c3ncco3)sc21)OC1C[C@H]2CC(F)C[C@H]2C1. The molecular weight excluding hydrogens is 577 g/mol. The fourth-order valence-corrected chi connectivity index (χ4v) is 8.02. The Balaban J connectivity index is 1.52. The summed E-state index contributed by atoms with van der Waals surface area (Å²) < 4.78 is 34.2. The van der Waals surface area contributed by atoms with E-state index < -0.39 is 35.0 Å². The topological polar surface area (TPSA) is 126 Å². The van der Waals surface area contributed by atoms with Crippen LogP contribution in [0.1, 0.15) is 56.8 Å². The molecule has 10 nitrogen and oxygen atoms in total. The first-order chi connectivity index (χ1) is 20.5. The Morgan fingerprint density at radius 3 is 2.53 bits per heavy atom. The quantitative estimate of drug-likeness (QED) is 0.270. The van der Waals surface area contributed by atoms with Crippen LogP contribution in [0.15, 0.2) is 50.7 Å². The van der Waals surface area contributed by atoms with E-state index in [-0.39, 0.29) is 29.9 Å². The molecule has 2 saturated carbocycles. The molecule has 0 amide bonds. The van der Waals surface area contributed by atoms with Crippen molar-refractivity contribution in [2.24, 2.45) is 11.8 Å². The zero-order valence-electron chi connectivity index (χ0n) is 24.4. The largest absolute Gasteiger partial charge is 0.496 e. The third-order valence-electron chi connectivity index (χ3n) is 9.03. The van der Waals surface area contributed by atoms with Crippen LogP contribution in [0.2, 0.25) is 0 Å². The number of thiophene rings is 1. The number of rotatable bonds is 9. The number of aryl methyl sites for hydroxylation is 1. The minimum absolute atomic E-state index is 0.0196. The Kier molecular flexibility index (Phi) is 7.54. The highest BCUT2D eigenvalue weighted by atomic mass is 32.1. The second-order valence-corrected chi connectivity index (χ2v) is 13.0. The summed E-state index contributed by atoms with van der Waals surface area (Å²) in [5.41, 5.74) is -2.06. The minimum Gasteiger partial charge on any atom is -0.496 e. The number of oxazole rings is 1. The van der Waals surface area contributed by atoms with Gasteiger partial charge >= 0.3 is 11.7 Å². The summed E-state index contributed by atoms with van der Waals surface area (Å²) in [7, 11) is 1.56. The van der Waals surface area contributed by atoms with E-state index in [2.05, 4.69) is 4.98 Å². The first kappa shape index (κ1) is 29.3. The molecule has 228 valence electrons. The lowest BCUT2D eigenvalue weighted by molar-refractivity contribution is -0.146. The van der Waals surface area contributed by atoms with Gasteiger partial charge in [-0.2, -0.15) is 0 Å². The standard InChI is InChI=1S/C31H34FN3O7S/c1-16-24-27(36)35(31(2,3)29(37)38)30(39)34(28(24)43-25(16)26-33-9-10-41-26)15-23(21-7-5-6-8-22(21)40-4)42-20-13-17-11-19(32)12-18(17)14-20/h5-10,17-20,23H,11-15H2,1-4H3,(H,37,38)/t17-,18+,19?,20?,23?. The normalized spacial score (nSPS) is 22.6. The van der Waals surface area contributed by atoms with Crippen LogP contribution in [0, 0.1) is 18.8 Å². The number of aliphatic carboxylic acids is 1. The summed E-state index contributed by atoms with van der Waals surface area (Å²) in [6, 6.07) is 7.37. The Labute approximate surface area is 250 Å². The number of methoxy groups -OCH3 is 1. The molecule has 4 aromatic rings. The lowest BCUT2D eigenvalue weighted by Crippen LogP contribution is -2.52. The number of benzene rings is 1. The molecule has 3 aromatic heterocycles. The first-order valence-corrected chi connectivity index (χ1v) is 15.2. The summed E-state index contributed by atoms with van der Waals surface area (Å²) in [5, 5.41) is 10.3. The van der Waals surface area contributed by atoms with Crippen LogP contribution >= 0.6 is 11.3 Å². The van der Waals surface area contributed by atoms with Crippen LogP contribution in [0.3, 0.4) is 0 Å². The van der Waals surface area contributed by atoms with Crippen molar-refractivity contribution in [2.45, 2.75) is 76.9 Å². The van der Waals surface area contributed by atoms with Gasteiger partial charge in [-0.05, 0) is 69.9 Å². The van der Waals surface area contributed by atoms with Gasteiger partial charge in [0.25, 0.3) is 5.56 Å². The highest BCUT2D eigenvalue weighted by molar-refractivity contribution is 7.22. The molecule has 2 aliphatic carbocycles. The summed E-state index contributed by atoms with van der Waals surface area (Å²) >= 11 is 1.19. The van der Waals surface area contributed by atoms with Crippen molar-refractivity contribution in [3.05, 3.63) is 68.7 Å². The number of hydrogen-bond donors (Lipinski definition) is 1. The van der Waals surface area contributed by atoms with Gasteiger partial charge in [0.1, 0.15) is 34.7 Å². The zero-order chi connectivity index (χ0) is 30.6. The van der Waals surface area contributed by atoms with Crippen molar-refractivity contribution in [3.63, 3.8) is 0 Å². The Bertz CT molecular complexity index is 1780. The monoisotopic (exact) mass is 611 g/mol. The second kappa shape index (κ2) is 11.1. The van der Waals surface area contributed by atoms with Crippen molar-refractivity contribution >= 4 is 27.5 Å². The number of ether oxygens (including phenoxy) is 2. The van der Waals surface area contributed by atoms with E-state index in [0.717, 1.165) is 17.4 Å². The van der Waals surface area contributed by atoms with Crippen molar-refractivity contribution in [2.75, 3.05) is 7.11 Å². The number of carboxylic acids is 1. The number of aromatic nitrogens is 3. The lowest BCUT2D eigenvalue weighted by Gasteiger charge is -2.27. The molecule has 0 radical (unpaired) electrons. The number of carboxylic acid groups (broad SMARTS) is 1. The number of halogens is 1. The predicted octanol–water partition coefficient (Wildman–Crippen LogP) is 5.30. The number of fused-ring (bicyclic) bond motifs is 2. The van der Waals surface area contributed by atoms with Crippen LogP contribution in [0.4, 0.5) is 4.39 Å². The average Bonchev–Trinajstić information content (AvgIpc) is 3.74. The van der Waals surface area contributed by atoms with E-state index in [1.54, 1.807) is 14.0 Å². The van der Waals surface area contributed by atoms with Gasteiger partial charge in [-0.15, -0.1) is 11.3 Å². The summed E-state index contributed by atoms with van der Waals surface area (Å²) in [6.45, 7) is 4.37. The van der Waals surface area contributed by atoms with Gasteiger partial charge in [0.15, 0.2) is 0 Å². The maximum atomic E-state index is 14.2. The zero-order valence-corrected chi connectivity index (χ0v) is 25.2. The smallest absolute Gasteiger partial charge is 0.333 e. The summed E-state index contributed by atoms with van der Waals surface area (Å²) in [4.78, 5) is 45.6. The van der Waals surface area contributed by atoms with Gasteiger partial charge in [-0.1, -0.05) is 18.2 Å². The van der Waals surface area contributed by atoms with Gasteiger partial charge in [0, 0.05) is 5.56 Å². The molecule has 0 saturated heterocycles. The molecule has 12 heteroatoms. The third kappa shape index (κ3) is 5.00. The molecule has 2 fully saturated rings. The van der Waals surface area contributed by atoms with Crippen molar-refractivity contribution < 1.29 is 28.2 Å². The van der Waals surface area contributed by atoms with E-state index in [1.807, 2.05) is 24.3 Å². The van der Waals surface area contributed by atoms with Crippen LogP contribution < -0.4 is 16.0 Å². The second-order valence-electron chi connectivity index (χ2n) is 12.0. The highest BCUT2D eigenvalue weighted by Gasteiger charge is 2.43. The van der Waals surface area contributed by atoms with Gasteiger partial charge in [0.2, 0.25) is 5.89 Å². The molecule has 3 heterocycles. The maximum absolute atomic E-state index is 14.2. The van der Waals surface area contributed by atoms with Crippen LogP contribution in [-0.4, -0.2) is 44.6 Å². The fourth-order valence-electron chi connectivity index (χ4n) is 6.78. The molecule has 3 unspecified atom stereocenters. The van der Waals surface area contributed by atoms with E-state index in [9.17, 15) is 23.9 Å². The van der Waals surface area contributed by atoms with E-state index >= 15 is 0 Å². The summed E-state index contributed by atoms with van der Waals surface area (Å²) in [6.07, 6.45) is 3.82. The molecule has 43 heavy (non-hydrogen) atoms. The molecule has 0 spiro atoms. The Hall–Kier alpha value is -3.77. The number of carbonyl (C=O) groups is 1. The molecule has 1 aromatic carbocycles. The Morgan fingerprint density at radius 1 is 1.21 bits per heavy atom. The maximum Gasteiger partial charge on any atom is 0.333 e. The van der Waals surface area contributed by atoms with Crippen molar-refractivity contribution in [1.82, 2.24) is 14.1 Å². The first-order valence-electron chi connectivity index (χ1n) is 14.4. The van der Waals surface area contributed by atoms with E-state index in [4.69, 9.17) is 13.9 Å². The molecule has 0 aliphatic heterocycles. The third-order valence-corrected chi connectivity index (χ3v) is 10.3. The van der Waals surface area contributed by atoms with Crippen LogP contribution in [0.25, 0.3) is 21.0 Å². The highest BCUT2D eigenvalue weighted by Crippen LogP contribution is 2.47.